The Kier molecular flexibility index (Phi) is 5.03. The van der Waals surface area contributed by atoms with Crippen LogP contribution in [0.4, 0.5) is 10.5 Å². The number of fused-ring (bicyclic) bond motifs is 2. The van der Waals surface area contributed by atoms with E-state index in [-0.39, 0.29) is 18.7 Å². The molecule has 1 aromatic rings. The van der Waals surface area contributed by atoms with Crippen LogP contribution in [0, 0.1) is 6.92 Å². The number of amides is 1. The van der Waals surface area contributed by atoms with Crippen LogP contribution in [0.1, 0.15) is 30.9 Å². The van der Waals surface area contributed by atoms with E-state index in [1.165, 1.54) is 16.4 Å². The normalized spacial score (nSPS) is 22.1. The first kappa shape index (κ1) is 20.5. The van der Waals surface area contributed by atoms with Gasteiger partial charge in [0.25, 0.3) is 0 Å². The van der Waals surface area contributed by atoms with Gasteiger partial charge in [-0.25, -0.2) is 13.2 Å². The number of rotatable bonds is 3. The third-order valence-electron chi connectivity index (χ3n) is 6.06. The van der Waals surface area contributed by atoms with Crippen molar-refractivity contribution in [1.82, 2.24) is 13.3 Å². The lowest BCUT2D eigenvalue weighted by molar-refractivity contribution is 0.136. The van der Waals surface area contributed by atoms with Crippen LogP contribution in [0.15, 0.2) is 52.9 Å². The molecular formula is C21H24N4O4S2. The van der Waals surface area contributed by atoms with Crippen LogP contribution in [0.3, 0.4) is 0 Å². The summed E-state index contributed by atoms with van der Waals surface area (Å²) in [5.74, 6) is 0. The lowest BCUT2D eigenvalue weighted by Gasteiger charge is -2.40. The van der Waals surface area contributed by atoms with Gasteiger partial charge in [-0.05, 0) is 44.4 Å². The topological polar surface area (TPSA) is 82.2 Å². The van der Waals surface area contributed by atoms with Gasteiger partial charge in [0.15, 0.2) is 0 Å². The summed E-state index contributed by atoms with van der Waals surface area (Å²) in [6.45, 7) is 4.81. The predicted octanol–water partition coefficient (Wildman–Crippen LogP) is 3.36. The minimum Gasteiger partial charge on any atom is -0.444 e. The molecule has 0 atom stereocenters. The number of hydrogen-bond donors (Lipinski definition) is 1. The number of benzene rings is 1. The summed E-state index contributed by atoms with van der Waals surface area (Å²) in [5.41, 5.74) is 4.34. The van der Waals surface area contributed by atoms with E-state index in [0.717, 1.165) is 22.4 Å². The minimum atomic E-state index is -3.66. The molecule has 0 radical (unpaired) electrons. The number of carbonyl (C=O) groups is 1. The van der Waals surface area contributed by atoms with E-state index in [2.05, 4.69) is 4.72 Å². The van der Waals surface area contributed by atoms with E-state index in [1.54, 1.807) is 11.1 Å². The quantitative estimate of drug-likeness (QED) is 0.693. The zero-order valence-electron chi connectivity index (χ0n) is 17.4. The zero-order chi connectivity index (χ0) is 21.8. The molecule has 4 aliphatic rings. The molecule has 4 aliphatic heterocycles. The standard InChI is InChI=1S/C21H24N4O4S2/c1-14-3-4-18-16(11-14)13-29-21(26)25(18)17-6-8-23(9-7-17)31(27,28)20-15(2)5-10-24-19(20)12-22-30-24/h3-5,10-12,17,22H,6-9,13H2,1-2H3. The number of ether oxygens (including phenoxy) is 1. The van der Waals surface area contributed by atoms with Gasteiger partial charge in [0.2, 0.25) is 10.0 Å². The van der Waals surface area contributed by atoms with Gasteiger partial charge in [-0.2, -0.15) is 4.31 Å². The van der Waals surface area contributed by atoms with E-state index in [4.69, 9.17) is 4.74 Å². The molecule has 5 rings (SSSR count). The molecule has 10 heteroatoms. The molecule has 0 saturated carbocycles. The average Bonchev–Trinajstić information content (AvgIpc) is 3.22. The number of nitrogens with one attached hydrogen (secondary N) is 1. The molecule has 164 valence electrons. The highest BCUT2D eigenvalue weighted by Crippen LogP contribution is 2.39. The summed E-state index contributed by atoms with van der Waals surface area (Å²) in [6.07, 6.45) is 6.15. The maximum Gasteiger partial charge on any atom is 0.414 e. The number of nitrogens with zero attached hydrogens (tertiary/aromatic N) is 3. The van der Waals surface area contributed by atoms with Gasteiger partial charge in [0.1, 0.15) is 11.5 Å². The van der Waals surface area contributed by atoms with Crippen LogP contribution in [-0.4, -0.2) is 42.3 Å². The van der Waals surface area contributed by atoms with Gasteiger partial charge in [-0.15, -0.1) is 0 Å². The van der Waals surface area contributed by atoms with E-state index in [0.29, 0.717) is 36.5 Å². The predicted molar refractivity (Wildman–Crippen MR) is 120 cm³/mol. The number of hydrogen-bond acceptors (Lipinski definition) is 7. The number of aryl methyl sites for hydroxylation is 1. The van der Waals surface area contributed by atoms with Crippen molar-refractivity contribution in [2.45, 2.75) is 39.3 Å². The summed E-state index contributed by atoms with van der Waals surface area (Å²) < 4.78 is 38.8. The lowest BCUT2D eigenvalue weighted by atomic mass is 10.0. The maximum absolute atomic E-state index is 13.5. The smallest absolute Gasteiger partial charge is 0.414 e. The van der Waals surface area contributed by atoms with Gasteiger partial charge in [-0.1, -0.05) is 17.7 Å². The molecule has 1 fully saturated rings. The Morgan fingerprint density at radius 1 is 1.19 bits per heavy atom. The van der Waals surface area contributed by atoms with Crippen LogP contribution in [0.2, 0.25) is 0 Å². The monoisotopic (exact) mass is 460 g/mol. The molecule has 4 heterocycles. The van der Waals surface area contributed by atoms with Crippen molar-refractivity contribution in [3.63, 3.8) is 0 Å². The van der Waals surface area contributed by atoms with Crippen LogP contribution < -0.4 is 9.62 Å². The molecule has 31 heavy (non-hydrogen) atoms. The Balaban J connectivity index is 1.37. The summed E-state index contributed by atoms with van der Waals surface area (Å²) in [6, 6.07) is 5.89. The van der Waals surface area contributed by atoms with E-state index < -0.39 is 10.0 Å². The van der Waals surface area contributed by atoms with Crippen molar-refractivity contribution in [3.8, 4) is 0 Å². The largest absolute Gasteiger partial charge is 0.444 e. The first-order valence-electron chi connectivity index (χ1n) is 10.2. The number of sulfonamides is 1. The average molecular weight is 461 g/mol. The molecule has 0 aliphatic carbocycles. The first-order valence-corrected chi connectivity index (χ1v) is 12.4. The first-order chi connectivity index (χ1) is 14.9. The Hall–Kier alpha value is -2.43. The van der Waals surface area contributed by atoms with Crippen molar-refractivity contribution in [2.24, 2.45) is 0 Å². The Bertz CT molecular complexity index is 1130. The number of cyclic esters (lactones) is 1. The highest BCUT2D eigenvalue weighted by Gasteiger charge is 2.40. The van der Waals surface area contributed by atoms with Crippen LogP contribution in [0.5, 0.6) is 0 Å². The third kappa shape index (κ3) is 3.42. The second-order valence-corrected chi connectivity index (χ2v) is 10.8. The third-order valence-corrected chi connectivity index (χ3v) is 8.89. The zero-order valence-corrected chi connectivity index (χ0v) is 19.0. The molecule has 1 N–H and O–H groups in total. The fourth-order valence-corrected chi connectivity index (χ4v) is 7.05. The molecule has 8 nitrogen and oxygen atoms in total. The molecule has 1 saturated heterocycles. The van der Waals surface area contributed by atoms with E-state index >= 15 is 0 Å². The highest BCUT2D eigenvalue weighted by molar-refractivity contribution is 7.96. The van der Waals surface area contributed by atoms with E-state index in [9.17, 15) is 13.2 Å². The molecular weight excluding hydrogens is 436 g/mol. The highest BCUT2D eigenvalue weighted by atomic mass is 32.2. The lowest BCUT2D eigenvalue weighted by Crippen LogP contribution is -2.50. The van der Waals surface area contributed by atoms with Crippen LogP contribution >= 0.6 is 12.1 Å². The van der Waals surface area contributed by atoms with Crippen molar-refractivity contribution >= 4 is 33.9 Å². The van der Waals surface area contributed by atoms with Crippen LogP contribution in [0.25, 0.3) is 0 Å². The van der Waals surface area contributed by atoms with Crippen molar-refractivity contribution in [1.29, 1.82) is 0 Å². The van der Waals surface area contributed by atoms with Gasteiger partial charge in [-0.3, -0.25) is 9.21 Å². The number of anilines is 1. The Morgan fingerprint density at radius 2 is 1.97 bits per heavy atom. The molecule has 1 aromatic carbocycles. The molecule has 0 spiro atoms. The van der Waals surface area contributed by atoms with Crippen molar-refractivity contribution < 1.29 is 17.9 Å². The van der Waals surface area contributed by atoms with Crippen molar-refractivity contribution in [2.75, 3.05) is 18.0 Å². The second-order valence-electron chi connectivity index (χ2n) is 8.08. The Morgan fingerprint density at radius 3 is 2.74 bits per heavy atom. The maximum atomic E-state index is 13.5. The number of allylic oxidation sites excluding steroid dienone is 2. The molecule has 1 amide bonds. The summed E-state index contributed by atoms with van der Waals surface area (Å²) >= 11 is 1.34. The SMILES string of the molecule is CC1=C(S(=O)(=O)N2CCC(N3C(=O)OCc4cc(C)ccc43)CC2)C2=CNSN2C=C1. The molecule has 0 aromatic heterocycles. The van der Waals surface area contributed by atoms with Crippen molar-refractivity contribution in [3.05, 3.63) is 64.0 Å². The fourth-order valence-electron chi connectivity index (χ4n) is 4.51. The fraction of sp³-hybridized carbons (Fsp3) is 0.381. The minimum absolute atomic E-state index is 0.0959. The molecule has 0 unspecified atom stereocenters. The molecule has 0 bridgehead atoms. The number of carbonyl (C=O) groups excluding carboxylic acids is 1. The Labute approximate surface area is 186 Å². The second kappa shape index (κ2) is 7.61. The van der Waals surface area contributed by atoms with Gasteiger partial charge < -0.3 is 9.46 Å². The van der Waals surface area contributed by atoms with Crippen LogP contribution in [-0.2, 0) is 21.4 Å². The van der Waals surface area contributed by atoms with Gasteiger partial charge >= 0.3 is 6.09 Å². The summed E-state index contributed by atoms with van der Waals surface area (Å²) in [7, 11) is -3.66. The van der Waals surface area contributed by atoms with Gasteiger partial charge in [0, 0.05) is 37.1 Å². The van der Waals surface area contributed by atoms with E-state index in [1.807, 2.05) is 48.6 Å². The summed E-state index contributed by atoms with van der Waals surface area (Å²) in [5, 5.41) is 0. The number of piperidine rings is 1. The van der Waals surface area contributed by atoms with Gasteiger partial charge in [0.05, 0.1) is 23.5 Å². The summed E-state index contributed by atoms with van der Waals surface area (Å²) in [4.78, 5) is 14.6.